The molecule has 0 radical (unpaired) electrons. The Kier molecular flexibility index (Phi) is 3.88. The van der Waals surface area contributed by atoms with E-state index in [2.05, 4.69) is 15.9 Å². The molecule has 1 rings (SSSR count). The highest BCUT2D eigenvalue weighted by Crippen LogP contribution is 2.34. The Morgan fingerprint density at radius 2 is 2.00 bits per heavy atom. The molecule has 0 atom stereocenters. The van der Waals surface area contributed by atoms with E-state index in [1.165, 1.54) is 6.07 Å². The third-order valence-corrected chi connectivity index (χ3v) is 2.43. The van der Waals surface area contributed by atoms with Crippen molar-refractivity contribution >= 4 is 21.7 Å². The molecule has 0 N–H and O–H groups in total. The highest BCUT2D eigenvalue weighted by Gasteiger charge is 2.37. The molecule has 0 bridgehead atoms. The molecule has 0 aliphatic carbocycles. The van der Waals surface area contributed by atoms with E-state index < -0.39 is 39.8 Å². The summed E-state index contributed by atoms with van der Waals surface area (Å²) in [6.45, 7) is 0. The van der Waals surface area contributed by atoms with Gasteiger partial charge in [0.2, 0.25) is 0 Å². The number of ketones is 1. The van der Waals surface area contributed by atoms with E-state index in [0.29, 0.717) is 12.1 Å². The summed E-state index contributed by atoms with van der Waals surface area (Å²) >= 11 is 2.67. The fourth-order valence-electron chi connectivity index (χ4n) is 1.25. The standard InChI is InChI=1S/C10H4BrF4NO/c11-3-8(17)9-6(10(13,14)15)1-5(4-16)2-7(9)12/h1-2H,3H2. The molecule has 7 heteroatoms. The molecule has 0 aliphatic heterocycles. The van der Waals surface area contributed by atoms with Gasteiger partial charge in [-0.3, -0.25) is 4.79 Å². The molecule has 0 amide bonds. The van der Waals surface area contributed by atoms with Gasteiger partial charge >= 0.3 is 6.18 Å². The fraction of sp³-hybridized carbons (Fsp3) is 0.200. The van der Waals surface area contributed by atoms with Crippen LogP contribution in [-0.4, -0.2) is 11.1 Å². The van der Waals surface area contributed by atoms with Gasteiger partial charge < -0.3 is 0 Å². The van der Waals surface area contributed by atoms with Crippen molar-refractivity contribution in [1.82, 2.24) is 0 Å². The Morgan fingerprint density at radius 3 is 2.41 bits per heavy atom. The quantitative estimate of drug-likeness (QED) is 0.478. The van der Waals surface area contributed by atoms with Crippen molar-refractivity contribution in [3.63, 3.8) is 0 Å². The Hall–Kier alpha value is -1.42. The molecule has 0 fully saturated rings. The predicted molar refractivity (Wildman–Crippen MR) is 54.2 cm³/mol. The van der Waals surface area contributed by atoms with Crippen molar-refractivity contribution in [2.45, 2.75) is 6.18 Å². The van der Waals surface area contributed by atoms with Gasteiger partial charge in [0.15, 0.2) is 5.78 Å². The van der Waals surface area contributed by atoms with E-state index in [9.17, 15) is 22.4 Å². The second-order valence-corrected chi connectivity index (χ2v) is 3.61. The van der Waals surface area contributed by atoms with E-state index in [-0.39, 0.29) is 0 Å². The van der Waals surface area contributed by atoms with Crippen molar-refractivity contribution in [3.05, 3.63) is 34.6 Å². The Labute approximate surface area is 102 Å². The maximum Gasteiger partial charge on any atom is 0.417 e. The highest BCUT2D eigenvalue weighted by atomic mass is 79.9. The minimum atomic E-state index is -4.89. The summed E-state index contributed by atoms with van der Waals surface area (Å²) in [7, 11) is 0. The second kappa shape index (κ2) is 4.84. The lowest BCUT2D eigenvalue weighted by molar-refractivity contribution is -0.138. The van der Waals surface area contributed by atoms with Crippen LogP contribution >= 0.6 is 15.9 Å². The monoisotopic (exact) mass is 309 g/mol. The molecular weight excluding hydrogens is 306 g/mol. The minimum absolute atomic E-state index is 0.432. The number of carbonyl (C=O) groups is 1. The lowest BCUT2D eigenvalue weighted by atomic mass is 10.0. The Morgan fingerprint density at radius 1 is 1.41 bits per heavy atom. The number of Topliss-reactive ketones (excluding diaryl/α,β-unsaturated/α-hetero) is 1. The van der Waals surface area contributed by atoms with Crippen molar-refractivity contribution < 1.29 is 22.4 Å². The van der Waals surface area contributed by atoms with Gasteiger partial charge in [0.05, 0.1) is 28.1 Å². The summed E-state index contributed by atoms with van der Waals surface area (Å²) in [6, 6.07) is 2.46. The molecule has 2 nitrogen and oxygen atoms in total. The van der Waals surface area contributed by atoms with Crippen LogP contribution < -0.4 is 0 Å². The molecule has 1 aromatic carbocycles. The van der Waals surface area contributed by atoms with Crippen molar-refractivity contribution in [1.29, 1.82) is 5.26 Å². The summed E-state index contributed by atoms with van der Waals surface area (Å²) in [5.41, 5.74) is -2.96. The summed E-state index contributed by atoms with van der Waals surface area (Å²) < 4.78 is 51.2. The first-order chi connectivity index (χ1) is 7.81. The van der Waals surface area contributed by atoms with Crippen molar-refractivity contribution in [2.75, 3.05) is 5.33 Å². The smallest absolute Gasteiger partial charge is 0.293 e. The normalized spacial score (nSPS) is 11.1. The molecule has 0 saturated carbocycles. The van der Waals surface area contributed by atoms with Gasteiger partial charge in [0.1, 0.15) is 5.82 Å². The Bertz CT molecular complexity index is 504. The van der Waals surface area contributed by atoms with E-state index in [0.717, 1.165) is 0 Å². The summed E-state index contributed by atoms with van der Waals surface area (Å²) in [5, 5.41) is 8.03. The number of carbonyl (C=O) groups excluding carboxylic acids is 1. The summed E-state index contributed by atoms with van der Waals surface area (Å²) in [5.74, 6) is -2.37. The van der Waals surface area contributed by atoms with Gasteiger partial charge in [0.25, 0.3) is 0 Å². The number of alkyl halides is 4. The predicted octanol–water partition coefficient (Wildman–Crippen LogP) is 3.29. The number of nitriles is 1. The van der Waals surface area contributed by atoms with Crippen LogP contribution in [0.15, 0.2) is 12.1 Å². The zero-order valence-corrected chi connectivity index (χ0v) is 9.69. The average molecular weight is 310 g/mol. The van der Waals surface area contributed by atoms with Crippen LogP contribution in [0.25, 0.3) is 0 Å². The molecule has 0 unspecified atom stereocenters. The maximum atomic E-state index is 13.4. The van der Waals surface area contributed by atoms with Gasteiger partial charge in [-0.2, -0.15) is 18.4 Å². The number of hydrogen-bond donors (Lipinski definition) is 0. The van der Waals surface area contributed by atoms with E-state index in [1.54, 1.807) is 0 Å². The largest absolute Gasteiger partial charge is 0.417 e. The van der Waals surface area contributed by atoms with Crippen molar-refractivity contribution in [2.24, 2.45) is 0 Å². The molecule has 1 aromatic rings. The zero-order valence-electron chi connectivity index (χ0n) is 8.11. The van der Waals surface area contributed by atoms with Crippen LogP contribution in [0.2, 0.25) is 0 Å². The third-order valence-electron chi connectivity index (χ3n) is 1.92. The number of nitrogens with zero attached hydrogens (tertiary/aromatic N) is 1. The molecule has 0 aromatic heterocycles. The van der Waals surface area contributed by atoms with E-state index in [4.69, 9.17) is 5.26 Å². The van der Waals surface area contributed by atoms with Crippen LogP contribution in [0.3, 0.4) is 0 Å². The first-order valence-corrected chi connectivity index (χ1v) is 5.33. The lowest BCUT2D eigenvalue weighted by Gasteiger charge is -2.12. The van der Waals surface area contributed by atoms with Crippen LogP contribution in [0.5, 0.6) is 0 Å². The SMILES string of the molecule is N#Cc1cc(F)c(C(=O)CBr)c(C(F)(F)F)c1. The first kappa shape index (κ1) is 13.6. The third kappa shape index (κ3) is 2.82. The highest BCUT2D eigenvalue weighted by molar-refractivity contribution is 9.09. The molecular formula is C10H4BrF4NO. The van der Waals surface area contributed by atoms with E-state index in [1.807, 2.05) is 0 Å². The number of rotatable bonds is 2. The Balaban J connectivity index is 3.58. The van der Waals surface area contributed by atoms with Crippen LogP contribution in [0.1, 0.15) is 21.5 Å². The van der Waals surface area contributed by atoms with Crippen LogP contribution in [0, 0.1) is 17.1 Å². The van der Waals surface area contributed by atoms with Crippen LogP contribution in [0.4, 0.5) is 17.6 Å². The summed E-state index contributed by atoms with van der Waals surface area (Å²) in [6.07, 6.45) is -4.89. The van der Waals surface area contributed by atoms with Gasteiger partial charge in [-0.15, -0.1) is 0 Å². The van der Waals surface area contributed by atoms with Crippen molar-refractivity contribution in [3.8, 4) is 6.07 Å². The fourth-order valence-corrected chi connectivity index (χ4v) is 1.53. The molecule has 0 heterocycles. The molecule has 17 heavy (non-hydrogen) atoms. The first-order valence-electron chi connectivity index (χ1n) is 4.21. The van der Waals surface area contributed by atoms with Gasteiger partial charge in [0, 0.05) is 0 Å². The minimum Gasteiger partial charge on any atom is -0.293 e. The lowest BCUT2D eigenvalue weighted by Crippen LogP contribution is -2.16. The topological polar surface area (TPSA) is 40.9 Å². The molecule has 0 spiro atoms. The maximum absolute atomic E-state index is 13.4. The second-order valence-electron chi connectivity index (χ2n) is 3.05. The average Bonchev–Trinajstić information content (AvgIpc) is 2.25. The number of benzene rings is 1. The van der Waals surface area contributed by atoms with E-state index >= 15 is 0 Å². The van der Waals surface area contributed by atoms with Gasteiger partial charge in [-0.25, -0.2) is 4.39 Å². The number of halogens is 5. The molecule has 0 saturated heterocycles. The number of hydrogen-bond acceptors (Lipinski definition) is 2. The summed E-state index contributed by atoms with van der Waals surface area (Å²) in [4.78, 5) is 11.2. The molecule has 0 aliphatic rings. The van der Waals surface area contributed by atoms with Crippen LogP contribution in [-0.2, 0) is 6.18 Å². The zero-order chi connectivity index (χ0) is 13.2. The van der Waals surface area contributed by atoms with Gasteiger partial charge in [-0.1, -0.05) is 15.9 Å². The van der Waals surface area contributed by atoms with Gasteiger partial charge in [-0.05, 0) is 12.1 Å². The molecule has 90 valence electrons.